The van der Waals surface area contributed by atoms with Crippen molar-refractivity contribution in [2.24, 2.45) is 0 Å². The number of hydrogen-bond donors (Lipinski definition) is 12. The normalized spacial score (nSPS) is 33.6. The molecule has 3 rings (SSSR count). The molecule has 19 nitrogen and oxygen atoms in total. The number of rotatable bonds is 33. The molecule has 17 atom stereocenters. The van der Waals surface area contributed by atoms with Crippen LogP contribution in [0, 0.1) is 0 Å². The lowest BCUT2D eigenvalue weighted by Crippen LogP contribution is -2.66. The number of unbranched alkanes of at least 4 members (excludes halogenated alkanes) is 9. The van der Waals surface area contributed by atoms with Gasteiger partial charge in [0.25, 0.3) is 0 Å². The minimum Gasteiger partial charge on any atom is -0.394 e. The first-order valence-electron chi connectivity index (χ1n) is 24.9. The van der Waals surface area contributed by atoms with Crippen LogP contribution in [-0.2, 0) is 33.2 Å². The van der Waals surface area contributed by atoms with Gasteiger partial charge in [-0.05, 0) is 38.5 Å². The number of ether oxygens (including phenoxy) is 6. The van der Waals surface area contributed by atoms with Gasteiger partial charge in [0.15, 0.2) is 18.9 Å². The quantitative estimate of drug-likeness (QED) is 0.0325. The van der Waals surface area contributed by atoms with Crippen LogP contribution in [-0.4, -0.2) is 193 Å². The fraction of sp³-hybridized carbons (Fsp3) is 0.816. The standard InChI is InChI=1S/C49H85NO18/c1-3-5-7-9-11-13-15-16-17-19-21-23-25-27-37(55)50-32(33(54)26-24-22-20-18-14-12-10-8-6-4-2)31-63-47-43(61)40(58)45(35(29-52)65-47)68-49-44(62)41(59)46(36(30-53)66-49)67-48-42(60)39(57)38(56)34(28-51)64-48/h5,7,11,13,16-17,21,23,32-36,38-49,51-54,56-62H,3-4,6,8-10,12,14-15,18-20,22,24-31H2,1-2H3,(H,50,55)/b7-5-,13-11-,17-16-,23-21-. The molecule has 0 saturated carbocycles. The summed E-state index contributed by atoms with van der Waals surface area (Å²) in [7, 11) is 0. The SMILES string of the molecule is CC/C=C\C/C=C\C/C=C\C/C=C\CCC(=O)NC(COC1OC(CO)C(OC2OC(CO)C(OC3OC(CO)C(O)C(O)C3O)C(O)C2O)C(O)C1O)C(O)CCCCCCCCCCCC. The van der Waals surface area contributed by atoms with Crippen LogP contribution in [0.5, 0.6) is 0 Å². The van der Waals surface area contributed by atoms with E-state index in [-0.39, 0.29) is 18.9 Å². The lowest BCUT2D eigenvalue weighted by molar-refractivity contribution is -0.379. The molecule has 3 saturated heterocycles. The average molecular weight is 976 g/mol. The molecule has 68 heavy (non-hydrogen) atoms. The number of nitrogens with one attached hydrogen (secondary N) is 1. The van der Waals surface area contributed by atoms with E-state index < -0.39 is 124 Å². The zero-order chi connectivity index (χ0) is 49.8. The van der Waals surface area contributed by atoms with E-state index in [1.165, 1.54) is 32.1 Å². The molecule has 19 heteroatoms. The lowest BCUT2D eigenvalue weighted by atomic mass is 9.96. The van der Waals surface area contributed by atoms with Crippen LogP contribution in [0.3, 0.4) is 0 Å². The van der Waals surface area contributed by atoms with Gasteiger partial charge in [0.2, 0.25) is 5.91 Å². The summed E-state index contributed by atoms with van der Waals surface area (Å²) < 4.78 is 34.1. The molecular formula is C49H85NO18. The summed E-state index contributed by atoms with van der Waals surface area (Å²) in [5, 5.41) is 119. The molecule has 0 aromatic heterocycles. The van der Waals surface area contributed by atoms with Crippen LogP contribution >= 0.6 is 0 Å². The molecule has 0 radical (unpaired) electrons. The van der Waals surface area contributed by atoms with Gasteiger partial charge in [-0.2, -0.15) is 0 Å². The molecule has 0 aromatic carbocycles. The second kappa shape index (κ2) is 34.2. The summed E-state index contributed by atoms with van der Waals surface area (Å²) in [5.41, 5.74) is 0. The summed E-state index contributed by atoms with van der Waals surface area (Å²) in [6, 6.07) is -0.922. The Bertz CT molecular complexity index is 1450. The molecule has 3 aliphatic heterocycles. The van der Waals surface area contributed by atoms with Gasteiger partial charge in [0.1, 0.15) is 73.2 Å². The van der Waals surface area contributed by atoms with E-state index in [4.69, 9.17) is 28.4 Å². The van der Waals surface area contributed by atoms with Crippen LogP contribution in [0.15, 0.2) is 48.6 Å². The molecule has 17 unspecified atom stereocenters. The van der Waals surface area contributed by atoms with Crippen LogP contribution in [0.2, 0.25) is 0 Å². The maximum Gasteiger partial charge on any atom is 0.220 e. The number of carbonyl (C=O) groups excluding carboxylic acids is 1. The highest BCUT2D eigenvalue weighted by Gasteiger charge is 2.53. The number of hydrogen-bond acceptors (Lipinski definition) is 18. The largest absolute Gasteiger partial charge is 0.394 e. The van der Waals surface area contributed by atoms with E-state index in [9.17, 15) is 61.0 Å². The van der Waals surface area contributed by atoms with Gasteiger partial charge in [-0.1, -0.05) is 127 Å². The third kappa shape index (κ3) is 20.1. The van der Waals surface area contributed by atoms with Crippen molar-refractivity contribution >= 4 is 5.91 Å². The van der Waals surface area contributed by atoms with Crippen molar-refractivity contribution in [3.8, 4) is 0 Å². The Hall–Kier alpha value is -2.25. The lowest BCUT2D eigenvalue weighted by Gasteiger charge is -2.48. The van der Waals surface area contributed by atoms with Crippen molar-refractivity contribution < 1.29 is 89.4 Å². The van der Waals surface area contributed by atoms with Gasteiger partial charge in [0.05, 0.1) is 38.6 Å². The average Bonchev–Trinajstić information content (AvgIpc) is 3.33. The first kappa shape index (κ1) is 60.1. The van der Waals surface area contributed by atoms with Gasteiger partial charge < -0.3 is 89.9 Å². The van der Waals surface area contributed by atoms with Gasteiger partial charge in [-0.3, -0.25) is 4.79 Å². The van der Waals surface area contributed by atoms with E-state index in [2.05, 4.69) is 55.6 Å². The van der Waals surface area contributed by atoms with Crippen LogP contribution in [0.1, 0.15) is 123 Å². The second-order valence-electron chi connectivity index (χ2n) is 17.9. The molecular weight excluding hydrogens is 891 g/mol. The molecule has 12 N–H and O–H groups in total. The molecule has 394 valence electrons. The Morgan fingerprint density at radius 2 is 0.985 bits per heavy atom. The number of allylic oxidation sites excluding steroid dienone is 8. The Morgan fingerprint density at radius 1 is 0.544 bits per heavy atom. The van der Waals surface area contributed by atoms with Crippen LogP contribution in [0.4, 0.5) is 0 Å². The maximum absolute atomic E-state index is 13.2. The zero-order valence-corrected chi connectivity index (χ0v) is 40.1. The Labute approximate surface area is 402 Å². The summed E-state index contributed by atoms with van der Waals surface area (Å²) >= 11 is 0. The zero-order valence-electron chi connectivity index (χ0n) is 40.1. The van der Waals surface area contributed by atoms with E-state index in [1.807, 2.05) is 12.2 Å². The Morgan fingerprint density at radius 3 is 1.50 bits per heavy atom. The minimum atomic E-state index is -1.98. The van der Waals surface area contributed by atoms with E-state index in [0.717, 1.165) is 51.4 Å². The van der Waals surface area contributed by atoms with Crippen LogP contribution in [0.25, 0.3) is 0 Å². The third-order valence-electron chi connectivity index (χ3n) is 12.4. The molecule has 0 spiro atoms. The molecule has 0 aliphatic carbocycles. The fourth-order valence-corrected chi connectivity index (χ4v) is 8.26. The van der Waals surface area contributed by atoms with Crippen molar-refractivity contribution in [2.75, 3.05) is 26.4 Å². The van der Waals surface area contributed by atoms with E-state index in [0.29, 0.717) is 19.3 Å². The number of aliphatic hydroxyl groups is 11. The second-order valence-corrected chi connectivity index (χ2v) is 17.9. The summed E-state index contributed by atoms with van der Waals surface area (Å²) in [4.78, 5) is 13.2. The van der Waals surface area contributed by atoms with Crippen molar-refractivity contribution in [2.45, 2.75) is 227 Å². The van der Waals surface area contributed by atoms with E-state index in [1.54, 1.807) is 0 Å². The Balaban J connectivity index is 1.59. The first-order chi connectivity index (χ1) is 32.8. The number of amides is 1. The van der Waals surface area contributed by atoms with Crippen molar-refractivity contribution in [3.05, 3.63) is 48.6 Å². The summed E-state index contributed by atoms with van der Waals surface area (Å²) in [6.07, 6.45) is 5.41. The number of aliphatic hydroxyl groups excluding tert-OH is 11. The van der Waals surface area contributed by atoms with Gasteiger partial charge >= 0.3 is 0 Å². The maximum atomic E-state index is 13.2. The predicted octanol–water partition coefficient (Wildman–Crippen LogP) is 1.19. The minimum absolute atomic E-state index is 0.143. The molecule has 3 fully saturated rings. The van der Waals surface area contributed by atoms with Gasteiger partial charge in [-0.25, -0.2) is 0 Å². The molecule has 1 amide bonds. The Kier molecular flexibility index (Phi) is 30.2. The van der Waals surface area contributed by atoms with Crippen molar-refractivity contribution in [1.82, 2.24) is 5.32 Å². The highest BCUT2D eigenvalue weighted by Crippen LogP contribution is 2.33. The highest BCUT2D eigenvalue weighted by molar-refractivity contribution is 5.76. The highest BCUT2D eigenvalue weighted by atomic mass is 16.8. The molecule has 0 bridgehead atoms. The molecule has 0 aromatic rings. The third-order valence-corrected chi connectivity index (χ3v) is 12.4. The van der Waals surface area contributed by atoms with Gasteiger partial charge in [0, 0.05) is 6.42 Å². The fourth-order valence-electron chi connectivity index (χ4n) is 8.26. The van der Waals surface area contributed by atoms with Gasteiger partial charge in [-0.15, -0.1) is 0 Å². The first-order valence-corrected chi connectivity index (χ1v) is 24.9. The van der Waals surface area contributed by atoms with Crippen LogP contribution < -0.4 is 5.32 Å². The number of carbonyl (C=O) groups is 1. The van der Waals surface area contributed by atoms with Crippen molar-refractivity contribution in [3.63, 3.8) is 0 Å². The summed E-state index contributed by atoms with van der Waals surface area (Å²) in [5.74, 6) is -0.328. The summed E-state index contributed by atoms with van der Waals surface area (Å²) in [6.45, 7) is 1.54. The topological polar surface area (TPSA) is 307 Å². The molecule has 3 heterocycles. The smallest absolute Gasteiger partial charge is 0.220 e. The predicted molar refractivity (Wildman–Crippen MR) is 249 cm³/mol. The molecule has 3 aliphatic rings. The van der Waals surface area contributed by atoms with E-state index >= 15 is 0 Å². The monoisotopic (exact) mass is 976 g/mol. The van der Waals surface area contributed by atoms with Crippen molar-refractivity contribution in [1.29, 1.82) is 0 Å².